The van der Waals surface area contributed by atoms with Gasteiger partial charge in [-0.3, -0.25) is 19.0 Å². The number of amides is 2. The van der Waals surface area contributed by atoms with Crippen molar-refractivity contribution in [3.05, 3.63) is 65.1 Å². The maximum Gasteiger partial charge on any atom is 0.289 e. The number of likely N-dealkylation sites (tertiary alicyclic amines) is 1. The molecule has 1 aromatic carbocycles. The van der Waals surface area contributed by atoms with Gasteiger partial charge in [-0.15, -0.1) is 0 Å². The second-order valence-electron chi connectivity index (χ2n) is 7.50. The van der Waals surface area contributed by atoms with Crippen LogP contribution in [0.3, 0.4) is 0 Å². The van der Waals surface area contributed by atoms with Gasteiger partial charge in [0.05, 0.1) is 23.5 Å². The fraction of sp³-hybridized carbons (Fsp3) is 0.364. The van der Waals surface area contributed by atoms with Gasteiger partial charge in [-0.05, 0) is 43.5 Å². The minimum absolute atomic E-state index is 0.0739. The second kappa shape index (κ2) is 8.94. The average molecular weight is 408 g/mol. The highest BCUT2D eigenvalue weighted by atomic mass is 16.3. The zero-order valence-electron chi connectivity index (χ0n) is 16.6. The van der Waals surface area contributed by atoms with Gasteiger partial charge in [-0.1, -0.05) is 12.1 Å². The van der Waals surface area contributed by atoms with Crippen LogP contribution in [0.25, 0.3) is 10.9 Å². The summed E-state index contributed by atoms with van der Waals surface area (Å²) in [6.07, 6.45) is 5.52. The van der Waals surface area contributed by atoms with Gasteiger partial charge in [0.2, 0.25) is 5.91 Å². The highest BCUT2D eigenvalue weighted by molar-refractivity contribution is 5.91. The molecule has 1 unspecified atom stereocenters. The lowest BCUT2D eigenvalue weighted by Crippen LogP contribution is -2.49. The zero-order chi connectivity index (χ0) is 20.9. The number of hydrogen-bond donors (Lipinski definition) is 1. The first-order chi connectivity index (χ1) is 14.6. The van der Waals surface area contributed by atoms with Gasteiger partial charge in [0, 0.05) is 32.1 Å². The Hall–Kier alpha value is -3.42. The summed E-state index contributed by atoms with van der Waals surface area (Å²) >= 11 is 0. The first-order valence-electron chi connectivity index (χ1n) is 10.2. The molecule has 1 fully saturated rings. The molecule has 1 atom stereocenters. The van der Waals surface area contributed by atoms with Crippen molar-refractivity contribution in [2.75, 3.05) is 13.1 Å². The highest BCUT2D eigenvalue weighted by Gasteiger charge is 2.26. The lowest BCUT2D eigenvalue weighted by Gasteiger charge is -2.32. The summed E-state index contributed by atoms with van der Waals surface area (Å²) in [7, 11) is 0. The van der Waals surface area contributed by atoms with E-state index in [0.29, 0.717) is 49.1 Å². The van der Waals surface area contributed by atoms with E-state index in [4.69, 9.17) is 4.42 Å². The van der Waals surface area contributed by atoms with E-state index < -0.39 is 0 Å². The number of carbonyl (C=O) groups is 2. The molecule has 0 saturated carbocycles. The van der Waals surface area contributed by atoms with Crippen molar-refractivity contribution < 1.29 is 14.0 Å². The summed E-state index contributed by atoms with van der Waals surface area (Å²) in [5.41, 5.74) is 0.572. The molecule has 2 amide bonds. The first kappa shape index (κ1) is 19.9. The van der Waals surface area contributed by atoms with E-state index in [-0.39, 0.29) is 23.4 Å². The van der Waals surface area contributed by atoms with Crippen LogP contribution in [0.1, 0.15) is 36.2 Å². The number of para-hydroxylation sites is 1. The summed E-state index contributed by atoms with van der Waals surface area (Å²) < 4.78 is 6.73. The van der Waals surface area contributed by atoms with E-state index in [0.717, 1.165) is 12.8 Å². The third-order valence-corrected chi connectivity index (χ3v) is 5.34. The predicted molar refractivity (Wildman–Crippen MR) is 111 cm³/mol. The van der Waals surface area contributed by atoms with Crippen molar-refractivity contribution >= 4 is 22.7 Å². The van der Waals surface area contributed by atoms with Crippen LogP contribution in [0.15, 0.2) is 58.2 Å². The molecule has 0 radical (unpaired) electrons. The monoisotopic (exact) mass is 408 g/mol. The molecule has 0 aliphatic carbocycles. The van der Waals surface area contributed by atoms with Crippen LogP contribution in [-0.4, -0.2) is 45.4 Å². The van der Waals surface area contributed by atoms with Crippen LogP contribution >= 0.6 is 0 Å². The Bertz CT molecular complexity index is 1090. The molecule has 4 rings (SSSR count). The van der Waals surface area contributed by atoms with E-state index >= 15 is 0 Å². The van der Waals surface area contributed by atoms with Crippen LogP contribution in [-0.2, 0) is 11.3 Å². The quantitative estimate of drug-likeness (QED) is 0.674. The molecule has 3 aromatic rings. The number of aromatic nitrogens is 2. The minimum Gasteiger partial charge on any atom is -0.459 e. The number of furan rings is 1. The molecule has 156 valence electrons. The van der Waals surface area contributed by atoms with Gasteiger partial charge >= 0.3 is 0 Å². The van der Waals surface area contributed by atoms with Crippen molar-refractivity contribution in [2.45, 2.75) is 38.3 Å². The van der Waals surface area contributed by atoms with E-state index in [1.165, 1.54) is 12.6 Å². The Labute approximate surface area is 173 Å². The number of benzene rings is 1. The molecule has 1 N–H and O–H groups in total. The largest absolute Gasteiger partial charge is 0.459 e. The molecule has 1 aliphatic heterocycles. The van der Waals surface area contributed by atoms with Gasteiger partial charge in [0.1, 0.15) is 0 Å². The number of rotatable bonds is 6. The molecule has 1 aliphatic rings. The fourth-order valence-electron chi connectivity index (χ4n) is 3.81. The lowest BCUT2D eigenvalue weighted by molar-refractivity contribution is -0.122. The zero-order valence-corrected chi connectivity index (χ0v) is 16.6. The Morgan fingerprint density at radius 1 is 1.20 bits per heavy atom. The second-order valence-corrected chi connectivity index (χ2v) is 7.50. The van der Waals surface area contributed by atoms with Crippen LogP contribution < -0.4 is 10.9 Å². The summed E-state index contributed by atoms with van der Waals surface area (Å²) in [4.78, 5) is 43.3. The average Bonchev–Trinajstić information content (AvgIpc) is 3.30. The highest BCUT2D eigenvalue weighted by Crippen LogP contribution is 2.14. The van der Waals surface area contributed by atoms with Crippen LogP contribution in [0.2, 0.25) is 0 Å². The van der Waals surface area contributed by atoms with E-state index in [9.17, 15) is 14.4 Å². The van der Waals surface area contributed by atoms with Crippen molar-refractivity contribution in [2.24, 2.45) is 0 Å². The number of carbonyl (C=O) groups excluding carboxylic acids is 2. The molecule has 3 heterocycles. The van der Waals surface area contributed by atoms with Gasteiger partial charge in [-0.25, -0.2) is 4.98 Å². The van der Waals surface area contributed by atoms with Gasteiger partial charge in [0.25, 0.3) is 11.5 Å². The van der Waals surface area contributed by atoms with E-state index in [2.05, 4.69) is 10.3 Å². The topological polar surface area (TPSA) is 97.4 Å². The SMILES string of the molecule is O=C(CCCn1cnc2ccccc2c1=O)NC1CCCN(C(=O)c2ccco2)C1. The first-order valence-corrected chi connectivity index (χ1v) is 10.2. The molecule has 2 aromatic heterocycles. The molecular formula is C22H24N4O4. The third kappa shape index (κ3) is 4.42. The molecular weight excluding hydrogens is 384 g/mol. The maximum atomic E-state index is 12.5. The maximum absolute atomic E-state index is 12.5. The van der Waals surface area contributed by atoms with Gasteiger partial charge < -0.3 is 14.6 Å². The number of nitrogens with one attached hydrogen (secondary N) is 1. The van der Waals surface area contributed by atoms with Crippen LogP contribution in [0.4, 0.5) is 0 Å². The standard InChI is InChI=1S/C22H24N4O4/c27-20(10-4-12-26-15-23-18-8-2-1-7-17(18)21(26)28)24-16-6-3-11-25(14-16)22(29)19-9-5-13-30-19/h1-2,5,7-9,13,15-16H,3-4,6,10-12,14H2,(H,24,27). The van der Waals surface area contributed by atoms with E-state index in [1.54, 1.807) is 33.7 Å². The van der Waals surface area contributed by atoms with Gasteiger partial charge in [-0.2, -0.15) is 0 Å². The van der Waals surface area contributed by atoms with Crippen LogP contribution in [0, 0.1) is 0 Å². The summed E-state index contributed by atoms with van der Waals surface area (Å²) in [5, 5.41) is 3.59. The smallest absolute Gasteiger partial charge is 0.289 e. The Morgan fingerprint density at radius 2 is 2.07 bits per heavy atom. The third-order valence-electron chi connectivity index (χ3n) is 5.34. The normalized spacial score (nSPS) is 16.5. The Kier molecular flexibility index (Phi) is 5.92. The van der Waals surface area contributed by atoms with Crippen molar-refractivity contribution in [1.82, 2.24) is 19.8 Å². The number of aryl methyl sites for hydroxylation is 1. The fourth-order valence-corrected chi connectivity index (χ4v) is 3.81. The molecule has 0 bridgehead atoms. The van der Waals surface area contributed by atoms with Gasteiger partial charge in [0.15, 0.2) is 5.76 Å². The van der Waals surface area contributed by atoms with Crippen molar-refractivity contribution in [3.8, 4) is 0 Å². The van der Waals surface area contributed by atoms with Crippen LogP contribution in [0.5, 0.6) is 0 Å². The number of hydrogen-bond acceptors (Lipinski definition) is 5. The Morgan fingerprint density at radius 3 is 2.90 bits per heavy atom. The summed E-state index contributed by atoms with van der Waals surface area (Å²) in [6, 6.07) is 10.5. The molecule has 0 spiro atoms. The Balaban J connectivity index is 1.27. The lowest BCUT2D eigenvalue weighted by atomic mass is 10.0. The molecule has 8 heteroatoms. The number of nitrogens with zero attached hydrogens (tertiary/aromatic N) is 3. The molecule has 1 saturated heterocycles. The molecule has 8 nitrogen and oxygen atoms in total. The molecule has 30 heavy (non-hydrogen) atoms. The van der Waals surface area contributed by atoms with E-state index in [1.807, 2.05) is 12.1 Å². The summed E-state index contributed by atoms with van der Waals surface area (Å²) in [6.45, 7) is 1.56. The number of piperidine rings is 1. The van der Waals surface area contributed by atoms with Crippen molar-refractivity contribution in [3.63, 3.8) is 0 Å². The predicted octanol–water partition coefficient (Wildman–Crippen LogP) is 2.19. The number of fused-ring (bicyclic) bond motifs is 1. The summed E-state index contributed by atoms with van der Waals surface area (Å²) in [5.74, 6) is 0.0904. The van der Waals surface area contributed by atoms with Crippen molar-refractivity contribution in [1.29, 1.82) is 0 Å². The minimum atomic E-state index is -0.151.